The molecule has 0 rings (SSSR count). The first-order valence-electron chi connectivity index (χ1n) is 7.66. The highest BCUT2D eigenvalue weighted by Crippen LogP contribution is 2.20. The van der Waals surface area contributed by atoms with Crippen molar-refractivity contribution < 1.29 is 13.2 Å². The molecule has 1 unspecified atom stereocenters. The maximum Gasteiger partial charge on any atom is 0.401 e. The summed E-state index contributed by atoms with van der Waals surface area (Å²) in [6.07, 6.45) is -1.68. The van der Waals surface area contributed by atoms with Gasteiger partial charge < -0.3 is 0 Å². The fourth-order valence-corrected chi connectivity index (χ4v) is 2.51. The number of hydrogen-bond donors (Lipinski definition) is 1. The molecule has 6 heteroatoms. The molecule has 0 aliphatic carbocycles. The summed E-state index contributed by atoms with van der Waals surface area (Å²) in [5, 5.41) is 12.6. The van der Waals surface area contributed by atoms with Gasteiger partial charge in [-0.2, -0.15) is 18.4 Å². The molecular weight excluding hydrogens is 279 g/mol. The molecule has 1 N–H and O–H groups in total. The van der Waals surface area contributed by atoms with E-state index in [0.29, 0.717) is 38.8 Å². The minimum absolute atomic E-state index is 0.173. The van der Waals surface area contributed by atoms with Crippen molar-refractivity contribution in [2.45, 2.75) is 71.1 Å². The Bertz CT molecular complexity index is 323. The quantitative estimate of drug-likeness (QED) is 0.668. The maximum atomic E-state index is 12.5. The Hall–Kier alpha value is -0.800. The van der Waals surface area contributed by atoms with Crippen LogP contribution in [-0.4, -0.2) is 42.3 Å². The summed E-state index contributed by atoms with van der Waals surface area (Å²) in [5.74, 6) is 0. The fourth-order valence-electron chi connectivity index (χ4n) is 2.51. The van der Waals surface area contributed by atoms with Crippen LogP contribution in [-0.2, 0) is 0 Å². The van der Waals surface area contributed by atoms with E-state index in [1.165, 1.54) is 4.90 Å². The number of rotatable bonds is 10. The molecule has 0 aromatic carbocycles. The molecule has 0 bridgehead atoms. The molecular formula is C15H28F3N3. The first kappa shape index (κ1) is 20.2. The van der Waals surface area contributed by atoms with Crippen LogP contribution in [0.15, 0.2) is 0 Å². The second-order valence-corrected chi connectivity index (χ2v) is 5.84. The lowest BCUT2D eigenvalue weighted by Gasteiger charge is -2.30. The average molecular weight is 307 g/mol. The highest BCUT2D eigenvalue weighted by atomic mass is 19.4. The topological polar surface area (TPSA) is 39.1 Å². The zero-order valence-corrected chi connectivity index (χ0v) is 13.6. The van der Waals surface area contributed by atoms with Crippen molar-refractivity contribution in [2.24, 2.45) is 0 Å². The summed E-state index contributed by atoms with van der Waals surface area (Å²) >= 11 is 0. The van der Waals surface area contributed by atoms with Crippen molar-refractivity contribution in [1.82, 2.24) is 10.2 Å². The van der Waals surface area contributed by atoms with Gasteiger partial charge in [0.15, 0.2) is 0 Å². The van der Waals surface area contributed by atoms with E-state index in [1.807, 2.05) is 27.7 Å². The fraction of sp³-hybridized carbons (Fsp3) is 0.933. The van der Waals surface area contributed by atoms with E-state index in [1.54, 1.807) is 0 Å². The maximum absolute atomic E-state index is 12.5. The van der Waals surface area contributed by atoms with Crippen LogP contribution in [0.5, 0.6) is 0 Å². The van der Waals surface area contributed by atoms with E-state index in [0.717, 1.165) is 0 Å². The van der Waals surface area contributed by atoms with Crippen LogP contribution < -0.4 is 5.32 Å². The van der Waals surface area contributed by atoms with E-state index in [9.17, 15) is 18.4 Å². The molecule has 0 saturated heterocycles. The van der Waals surface area contributed by atoms with Gasteiger partial charge in [-0.3, -0.25) is 10.2 Å². The summed E-state index contributed by atoms with van der Waals surface area (Å²) in [4.78, 5) is 1.42. The third kappa shape index (κ3) is 8.94. The molecule has 124 valence electrons. The van der Waals surface area contributed by atoms with Crippen LogP contribution in [0.3, 0.4) is 0 Å². The normalized spacial score (nSPS) is 15.2. The number of alkyl halides is 3. The Morgan fingerprint density at radius 3 is 2.19 bits per heavy atom. The Kier molecular flexibility index (Phi) is 8.91. The molecule has 1 atom stereocenters. The van der Waals surface area contributed by atoms with Crippen molar-refractivity contribution in [3.8, 4) is 6.07 Å². The number of hydrogen-bond acceptors (Lipinski definition) is 3. The first-order chi connectivity index (χ1) is 9.68. The summed E-state index contributed by atoms with van der Waals surface area (Å²) in [6, 6.07) is 2.47. The number of nitrogens with zero attached hydrogens (tertiary/aromatic N) is 2. The monoisotopic (exact) mass is 307 g/mol. The highest BCUT2D eigenvalue weighted by molar-refractivity contribution is 5.06. The van der Waals surface area contributed by atoms with Crippen molar-refractivity contribution >= 4 is 0 Å². The second kappa shape index (κ2) is 9.26. The van der Waals surface area contributed by atoms with Crippen LogP contribution in [0.4, 0.5) is 13.2 Å². The highest BCUT2D eigenvalue weighted by Gasteiger charge is 2.31. The predicted molar refractivity (Wildman–Crippen MR) is 78.9 cm³/mol. The minimum Gasteiger partial charge on any atom is -0.297 e. The number of halogens is 3. The van der Waals surface area contributed by atoms with Gasteiger partial charge in [0.05, 0.1) is 12.6 Å². The van der Waals surface area contributed by atoms with Crippen molar-refractivity contribution in [3.63, 3.8) is 0 Å². The lowest BCUT2D eigenvalue weighted by molar-refractivity contribution is -0.146. The van der Waals surface area contributed by atoms with Crippen LogP contribution >= 0.6 is 0 Å². The molecule has 0 saturated carbocycles. The Balaban J connectivity index is 4.48. The molecule has 0 amide bonds. The molecule has 0 aliphatic rings. The molecule has 0 aromatic heterocycles. The van der Waals surface area contributed by atoms with E-state index < -0.39 is 18.3 Å². The standard InChI is InChI=1S/C15H28F3N3/c1-5-9-21(12-15(16,17)18)10-7-8-14(6-2,11-19)20-13(3)4/h13,20H,5-10,12H2,1-4H3. The summed E-state index contributed by atoms with van der Waals surface area (Å²) < 4.78 is 37.5. The molecule has 21 heavy (non-hydrogen) atoms. The van der Waals surface area contributed by atoms with Crippen molar-refractivity contribution in [3.05, 3.63) is 0 Å². The van der Waals surface area contributed by atoms with Crippen LogP contribution in [0, 0.1) is 11.3 Å². The van der Waals surface area contributed by atoms with Crippen LogP contribution in [0.2, 0.25) is 0 Å². The van der Waals surface area contributed by atoms with Gasteiger partial charge in [-0.15, -0.1) is 0 Å². The Morgan fingerprint density at radius 1 is 1.19 bits per heavy atom. The first-order valence-corrected chi connectivity index (χ1v) is 7.66. The van der Waals surface area contributed by atoms with E-state index in [2.05, 4.69) is 11.4 Å². The Morgan fingerprint density at radius 2 is 1.81 bits per heavy atom. The van der Waals surface area contributed by atoms with Gasteiger partial charge >= 0.3 is 6.18 Å². The number of nitrogens with one attached hydrogen (secondary N) is 1. The zero-order valence-electron chi connectivity index (χ0n) is 13.6. The average Bonchev–Trinajstić information content (AvgIpc) is 2.35. The molecule has 0 spiro atoms. The van der Waals surface area contributed by atoms with Crippen molar-refractivity contribution in [2.75, 3.05) is 19.6 Å². The van der Waals surface area contributed by atoms with Crippen LogP contribution in [0.25, 0.3) is 0 Å². The molecule has 0 fully saturated rings. The smallest absolute Gasteiger partial charge is 0.297 e. The molecule has 3 nitrogen and oxygen atoms in total. The SMILES string of the molecule is CCCN(CCCC(C#N)(CC)NC(C)C)CC(F)(F)F. The lowest BCUT2D eigenvalue weighted by Crippen LogP contribution is -2.47. The summed E-state index contributed by atoms with van der Waals surface area (Å²) in [7, 11) is 0. The lowest BCUT2D eigenvalue weighted by atomic mass is 9.91. The predicted octanol–water partition coefficient (Wildman–Crippen LogP) is 3.71. The second-order valence-electron chi connectivity index (χ2n) is 5.84. The summed E-state index contributed by atoms with van der Waals surface area (Å²) in [6.45, 7) is 7.67. The summed E-state index contributed by atoms with van der Waals surface area (Å²) in [5.41, 5.74) is -0.635. The van der Waals surface area contributed by atoms with Gasteiger partial charge in [0, 0.05) is 6.04 Å². The number of nitriles is 1. The van der Waals surface area contributed by atoms with Crippen LogP contribution in [0.1, 0.15) is 53.4 Å². The van der Waals surface area contributed by atoms with Gasteiger partial charge in [-0.05, 0) is 52.6 Å². The third-order valence-corrected chi connectivity index (χ3v) is 3.40. The van der Waals surface area contributed by atoms with E-state index in [4.69, 9.17) is 0 Å². The molecule has 0 radical (unpaired) electrons. The van der Waals surface area contributed by atoms with E-state index >= 15 is 0 Å². The van der Waals surface area contributed by atoms with Gasteiger partial charge in [-0.25, -0.2) is 0 Å². The molecule has 0 heterocycles. The Labute approximate surface area is 126 Å². The van der Waals surface area contributed by atoms with Gasteiger partial charge in [0.2, 0.25) is 0 Å². The van der Waals surface area contributed by atoms with Gasteiger partial charge in [0.1, 0.15) is 5.54 Å². The van der Waals surface area contributed by atoms with Gasteiger partial charge in [-0.1, -0.05) is 13.8 Å². The van der Waals surface area contributed by atoms with Crippen molar-refractivity contribution in [1.29, 1.82) is 5.26 Å². The minimum atomic E-state index is -4.16. The van der Waals surface area contributed by atoms with Gasteiger partial charge in [0.25, 0.3) is 0 Å². The zero-order chi connectivity index (χ0) is 16.5. The van der Waals surface area contributed by atoms with E-state index in [-0.39, 0.29) is 6.04 Å². The third-order valence-electron chi connectivity index (χ3n) is 3.40. The molecule has 0 aromatic rings. The largest absolute Gasteiger partial charge is 0.401 e. The molecule has 0 aliphatic heterocycles.